The van der Waals surface area contributed by atoms with Crippen LogP contribution in [-0.4, -0.2) is 25.2 Å². The predicted octanol–water partition coefficient (Wildman–Crippen LogP) is 2.71. The number of benzene rings is 2. The van der Waals surface area contributed by atoms with Crippen molar-refractivity contribution in [3.63, 3.8) is 0 Å². The van der Waals surface area contributed by atoms with Crippen molar-refractivity contribution >= 4 is 22.8 Å². The number of aryl methyl sites for hydroxylation is 3. The van der Waals surface area contributed by atoms with Gasteiger partial charge in [0.15, 0.2) is 11.2 Å². The molecule has 30 heavy (non-hydrogen) atoms. The standard InChI is InChI=1S/C23H23N5O2/c1-15-9-10-18(13-16(15)2)26-11-12-27-19-20(24-22(26)27)25(3)23(30)28(21(19)29)14-17-7-5-4-6-8-17/h4-10,13H,11-12,14H2,1-3H3. The molecular weight excluding hydrogens is 378 g/mol. The van der Waals surface area contributed by atoms with Gasteiger partial charge in [-0.25, -0.2) is 4.79 Å². The molecular formula is C23H23N5O2. The average molecular weight is 401 g/mol. The lowest BCUT2D eigenvalue weighted by atomic mass is 10.1. The van der Waals surface area contributed by atoms with E-state index >= 15 is 0 Å². The number of anilines is 2. The molecule has 1 aliphatic heterocycles. The summed E-state index contributed by atoms with van der Waals surface area (Å²) in [5.41, 5.74) is 4.66. The summed E-state index contributed by atoms with van der Waals surface area (Å²) in [6.45, 7) is 5.80. The van der Waals surface area contributed by atoms with E-state index in [-0.39, 0.29) is 17.8 Å². The third-order valence-electron chi connectivity index (χ3n) is 5.99. The second kappa shape index (κ2) is 6.73. The molecule has 5 rings (SSSR count). The average Bonchev–Trinajstić information content (AvgIpc) is 3.32. The van der Waals surface area contributed by atoms with Crippen molar-refractivity contribution in [3.05, 3.63) is 86.1 Å². The highest BCUT2D eigenvalue weighted by atomic mass is 16.2. The number of fused-ring (bicyclic) bond motifs is 3. The van der Waals surface area contributed by atoms with Gasteiger partial charge in [0.2, 0.25) is 5.95 Å². The summed E-state index contributed by atoms with van der Waals surface area (Å²) in [7, 11) is 1.68. The molecule has 4 aromatic rings. The molecule has 0 amide bonds. The van der Waals surface area contributed by atoms with Crippen LogP contribution < -0.4 is 16.1 Å². The van der Waals surface area contributed by atoms with Gasteiger partial charge < -0.3 is 9.47 Å². The maximum Gasteiger partial charge on any atom is 0.332 e. The van der Waals surface area contributed by atoms with Crippen molar-refractivity contribution < 1.29 is 0 Å². The Morgan fingerprint density at radius 1 is 0.967 bits per heavy atom. The zero-order chi connectivity index (χ0) is 21.0. The zero-order valence-electron chi connectivity index (χ0n) is 17.3. The van der Waals surface area contributed by atoms with Crippen molar-refractivity contribution in [2.45, 2.75) is 26.9 Å². The first-order chi connectivity index (χ1) is 14.5. The summed E-state index contributed by atoms with van der Waals surface area (Å²) >= 11 is 0. The Balaban J connectivity index is 1.68. The number of imidazole rings is 1. The van der Waals surface area contributed by atoms with Gasteiger partial charge in [0.05, 0.1) is 6.54 Å². The molecule has 0 saturated carbocycles. The molecule has 0 unspecified atom stereocenters. The first-order valence-corrected chi connectivity index (χ1v) is 10.0. The van der Waals surface area contributed by atoms with E-state index in [0.29, 0.717) is 23.7 Å². The quantitative estimate of drug-likeness (QED) is 0.530. The van der Waals surface area contributed by atoms with Crippen molar-refractivity contribution in [1.82, 2.24) is 18.7 Å². The van der Waals surface area contributed by atoms with Crippen LogP contribution in [0.4, 0.5) is 11.6 Å². The Hall–Kier alpha value is -3.61. The molecule has 0 radical (unpaired) electrons. The zero-order valence-corrected chi connectivity index (χ0v) is 17.3. The van der Waals surface area contributed by atoms with E-state index in [1.807, 2.05) is 34.9 Å². The minimum absolute atomic E-state index is 0.240. The highest BCUT2D eigenvalue weighted by Gasteiger charge is 2.28. The van der Waals surface area contributed by atoms with Crippen LogP contribution in [0.5, 0.6) is 0 Å². The van der Waals surface area contributed by atoms with Crippen molar-refractivity contribution in [2.24, 2.45) is 7.05 Å². The molecule has 152 valence electrons. The Morgan fingerprint density at radius 2 is 1.73 bits per heavy atom. The van der Waals surface area contributed by atoms with E-state index in [1.54, 1.807) is 7.05 Å². The fourth-order valence-electron chi connectivity index (χ4n) is 4.12. The smallest absolute Gasteiger partial charge is 0.310 e. The number of hydrogen-bond donors (Lipinski definition) is 0. The SMILES string of the molecule is Cc1ccc(N2CCn3c2nc2c3c(=O)n(Cc3ccccc3)c(=O)n2C)cc1C. The van der Waals surface area contributed by atoms with Gasteiger partial charge >= 0.3 is 5.69 Å². The van der Waals surface area contributed by atoms with Crippen molar-refractivity contribution in [3.8, 4) is 0 Å². The Labute approximate surface area is 173 Å². The molecule has 0 N–H and O–H groups in total. The van der Waals surface area contributed by atoms with E-state index in [0.717, 1.165) is 17.8 Å². The number of hydrogen-bond acceptors (Lipinski definition) is 4. The van der Waals surface area contributed by atoms with Gasteiger partial charge in [0.25, 0.3) is 5.56 Å². The maximum absolute atomic E-state index is 13.3. The topological polar surface area (TPSA) is 65.1 Å². The van der Waals surface area contributed by atoms with E-state index in [4.69, 9.17) is 4.98 Å². The predicted molar refractivity (Wildman–Crippen MR) is 118 cm³/mol. The first kappa shape index (κ1) is 18.4. The third-order valence-corrected chi connectivity index (χ3v) is 5.99. The molecule has 7 nitrogen and oxygen atoms in total. The summed E-state index contributed by atoms with van der Waals surface area (Å²) in [4.78, 5) is 33.1. The monoisotopic (exact) mass is 401 g/mol. The van der Waals surface area contributed by atoms with Crippen LogP contribution in [0.3, 0.4) is 0 Å². The van der Waals surface area contributed by atoms with E-state index in [1.165, 1.54) is 20.3 Å². The Kier molecular flexibility index (Phi) is 4.13. The molecule has 1 aliphatic rings. The van der Waals surface area contributed by atoms with Crippen LogP contribution in [0.2, 0.25) is 0 Å². The summed E-state index contributed by atoms with van der Waals surface area (Å²) in [5, 5.41) is 0. The van der Waals surface area contributed by atoms with Gasteiger partial charge in [0.1, 0.15) is 0 Å². The largest absolute Gasteiger partial charge is 0.332 e. The fraction of sp³-hybridized carbons (Fsp3) is 0.261. The van der Waals surface area contributed by atoms with Crippen molar-refractivity contribution in [2.75, 3.05) is 11.4 Å². The van der Waals surface area contributed by atoms with Gasteiger partial charge in [-0.3, -0.25) is 13.9 Å². The van der Waals surface area contributed by atoms with E-state index < -0.39 is 0 Å². The summed E-state index contributed by atoms with van der Waals surface area (Å²) in [5.74, 6) is 0.706. The van der Waals surface area contributed by atoms with Crippen LogP contribution in [0, 0.1) is 13.8 Å². The Bertz CT molecular complexity index is 1400. The van der Waals surface area contributed by atoms with Crippen LogP contribution in [-0.2, 0) is 20.1 Å². The van der Waals surface area contributed by atoms with Gasteiger partial charge in [-0.05, 0) is 42.7 Å². The fourth-order valence-corrected chi connectivity index (χ4v) is 4.12. The third kappa shape index (κ3) is 2.69. The molecule has 7 heteroatoms. The normalized spacial score (nSPS) is 13.2. The number of aromatic nitrogens is 4. The lowest BCUT2D eigenvalue weighted by molar-refractivity contribution is 0.652. The highest BCUT2D eigenvalue weighted by Crippen LogP contribution is 2.32. The maximum atomic E-state index is 13.3. The molecule has 0 aliphatic carbocycles. The number of rotatable bonds is 3. The van der Waals surface area contributed by atoms with Crippen LogP contribution in [0.25, 0.3) is 11.2 Å². The molecule has 0 bridgehead atoms. The van der Waals surface area contributed by atoms with E-state index in [2.05, 4.69) is 36.9 Å². The molecule has 0 spiro atoms. The molecule has 0 atom stereocenters. The van der Waals surface area contributed by atoms with Gasteiger partial charge in [-0.2, -0.15) is 4.98 Å². The van der Waals surface area contributed by atoms with Crippen LogP contribution >= 0.6 is 0 Å². The minimum Gasteiger partial charge on any atom is -0.310 e. The summed E-state index contributed by atoms with van der Waals surface area (Å²) in [6, 6.07) is 15.9. The minimum atomic E-state index is -0.356. The lowest BCUT2D eigenvalue weighted by Gasteiger charge is -2.17. The van der Waals surface area contributed by atoms with Crippen LogP contribution in [0.15, 0.2) is 58.1 Å². The summed E-state index contributed by atoms with van der Waals surface area (Å²) in [6.07, 6.45) is 0. The molecule has 2 aromatic carbocycles. The Morgan fingerprint density at radius 3 is 2.47 bits per heavy atom. The van der Waals surface area contributed by atoms with E-state index in [9.17, 15) is 9.59 Å². The molecule has 0 fully saturated rings. The second-order valence-corrected chi connectivity index (χ2v) is 7.87. The first-order valence-electron chi connectivity index (χ1n) is 10.0. The summed E-state index contributed by atoms with van der Waals surface area (Å²) < 4.78 is 4.71. The lowest BCUT2D eigenvalue weighted by Crippen LogP contribution is -2.40. The highest BCUT2D eigenvalue weighted by molar-refractivity contribution is 5.78. The van der Waals surface area contributed by atoms with Crippen LogP contribution in [0.1, 0.15) is 16.7 Å². The van der Waals surface area contributed by atoms with Gasteiger partial charge in [0, 0.05) is 25.8 Å². The van der Waals surface area contributed by atoms with Gasteiger partial charge in [-0.15, -0.1) is 0 Å². The van der Waals surface area contributed by atoms with Crippen molar-refractivity contribution in [1.29, 1.82) is 0 Å². The molecule has 0 saturated heterocycles. The molecule has 2 aromatic heterocycles. The van der Waals surface area contributed by atoms with Gasteiger partial charge in [-0.1, -0.05) is 36.4 Å². The number of nitrogens with zero attached hydrogens (tertiary/aromatic N) is 5. The second-order valence-electron chi connectivity index (χ2n) is 7.87. The molecule has 3 heterocycles.